The van der Waals surface area contributed by atoms with Gasteiger partial charge in [0.1, 0.15) is 12.4 Å². The molecule has 0 aliphatic rings. The molecule has 0 saturated heterocycles. The average molecular weight is 515 g/mol. The highest BCUT2D eigenvalue weighted by molar-refractivity contribution is 9.10. The number of halogens is 1. The average Bonchev–Trinajstić information content (AvgIpc) is 3.13. The molecule has 1 aromatic heterocycles. The third-order valence-corrected chi connectivity index (χ3v) is 6.83. The van der Waals surface area contributed by atoms with Crippen LogP contribution in [0.4, 0.5) is 5.69 Å². The third-order valence-electron chi connectivity index (χ3n) is 5.21. The summed E-state index contributed by atoms with van der Waals surface area (Å²) in [7, 11) is 0. The zero-order valence-corrected chi connectivity index (χ0v) is 21.1. The van der Waals surface area contributed by atoms with Gasteiger partial charge in [-0.3, -0.25) is 9.36 Å². The van der Waals surface area contributed by atoms with Crippen molar-refractivity contribution in [1.29, 1.82) is 0 Å². The second kappa shape index (κ2) is 10.8. The van der Waals surface area contributed by atoms with Gasteiger partial charge in [0.25, 0.3) is 0 Å². The number of aryl methyl sites for hydroxylation is 3. The molecule has 0 bridgehead atoms. The number of hydrogen-bond donors (Lipinski definition) is 1. The Morgan fingerprint density at radius 2 is 1.94 bits per heavy atom. The number of ether oxygens (including phenoxy) is 1. The second-order valence-corrected chi connectivity index (χ2v) is 9.33. The number of carbonyl (C=O) groups is 1. The van der Waals surface area contributed by atoms with Gasteiger partial charge < -0.3 is 10.1 Å². The summed E-state index contributed by atoms with van der Waals surface area (Å²) in [5, 5.41) is 12.2. The Balaban J connectivity index is 1.66. The lowest BCUT2D eigenvalue weighted by Gasteiger charge is -2.12. The molecule has 3 aromatic rings. The standard InChI is InChI=1S/C24H27BrN4O2S/c1-6-10-29-22(13-31-21-9-7-8-15(2)18(21)5)27-28-24(29)32-14-23(30)26-20-12-17(4)16(3)11-19(20)25/h6-9,11-12H,1,10,13-14H2,2-5H3,(H,26,30). The fourth-order valence-electron chi connectivity index (χ4n) is 3.06. The van der Waals surface area contributed by atoms with Crippen molar-refractivity contribution in [2.75, 3.05) is 11.1 Å². The van der Waals surface area contributed by atoms with Crippen molar-refractivity contribution in [3.63, 3.8) is 0 Å². The van der Waals surface area contributed by atoms with E-state index in [1.807, 2.05) is 49.6 Å². The van der Waals surface area contributed by atoms with Gasteiger partial charge in [0.15, 0.2) is 11.0 Å². The van der Waals surface area contributed by atoms with E-state index in [1.165, 1.54) is 17.3 Å². The molecule has 0 atom stereocenters. The molecule has 0 fully saturated rings. The monoisotopic (exact) mass is 514 g/mol. The fourth-order valence-corrected chi connectivity index (χ4v) is 4.38. The highest BCUT2D eigenvalue weighted by Crippen LogP contribution is 2.27. The molecule has 8 heteroatoms. The number of allylic oxidation sites excluding steroid dienone is 1. The maximum absolute atomic E-state index is 12.5. The summed E-state index contributed by atoms with van der Waals surface area (Å²) < 4.78 is 8.77. The molecule has 0 saturated carbocycles. The van der Waals surface area contributed by atoms with Crippen LogP contribution in [0.15, 0.2) is 52.6 Å². The Morgan fingerprint density at radius 3 is 2.69 bits per heavy atom. The predicted octanol–water partition coefficient (Wildman–Crippen LogP) is 5.77. The number of benzene rings is 2. The van der Waals surface area contributed by atoms with E-state index < -0.39 is 0 Å². The smallest absolute Gasteiger partial charge is 0.234 e. The predicted molar refractivity (Wildman–Crippen MR) is 133 cm³/mol. The molecular formula is C24H27BrN4O2S. The van der Waals surface area contributed by atoms with Crippen molar-refractivity contribution in [3.8, 4) is 5.75 Å². The van der Waals surface area contributed by atoms with E-state index in [-0.39, 0.29) is 18.3 Å². The lowest BCUT2D eigenvalue weighted by atomic mass is 10.1. The Morgan fingerprint density at radius 1 is 1.19 bits per heavy atom. The molecule has 2 aromatic carbocycles. The third kappa shape index (κ3) is 5.81. The van der Waals surface area contributed by atoms with Crippen LogP contribution in [-0.2, 0) is 17.9 Å². The van der Waals surface area contributed by atoms with Gasteiger partial charge in [-0.15, -0.1) is 16.8 Å². The molecule has 0 radical (unpaired) electrons. The molecule has 0 spiro atoms. The zero-order valence-electron chi connectivity index (χ0n) is 18.7. The van der Waals surface area contributed by atoms with Gasteiger partial charge >= 0.3 is 0 Å². The van der Waals surface area contributed by atoms with Crippen LogP contribution in [0.3, 0.4) is 0 Å². The SMILES string of the molecule is C=CCn1c(COc2cccc(C)c2C)nnc1SCC(=O)Nc1cc(C)c(C)cc1Br. The van der Waals surface area contributed by atoms with Crippen molar-refractivity contribution >= 4 is 39.3 Å². The van der Waals surface area contributed by atoms with Gasteiger partial charge in [-0.05, 0) is 84.1 Å². The summed E-state index contributed by atoms with van der Waals surface area (Å²) in [6, 6.07) is 9.94. The van der Waals surface area contributed by atoms with Crippen LogP contribution in [0.2, 0.25) is 0 Å². The Bertz CT molecular complexity index is 1140. The summed E-state index contributed by atoms with van der Waals surface area (Å²) >= 11 is 4.85. The maximum Gasteiger partial charge on any atom is 0.234 e. The van der Waals surface area contributed by atoms with Crippen LogP contribution in [0.5, 0.6) is 5.75 Å². The van der Waals surface area contributed by atoms with Gasteiger partial charge in [-0.25, -0.2) is 0 Å². The molecule has 0 aliphatic carbocycles. The lowest BCUT2D eigenvalue weighted by Crippen LogP contribution is -2.15. The van der Waals surface area contributed by atoms with Crippen molar-refractivity contribution in [2.45, 2.75) is 46.0 Å². The summed E-state index contributed by atoms with van der Waals surface area (Å²) in [6.45, 7) is 12.8. The molecule has 1 N–H and O–H groups in total. The Labute approximate surface area is 201 Å². The second-order valence-electron chi connectivity index (χ2n) is 7.54. The van der Waals surface area contributed by atoms with E-state index in [0.717, 1.165) is 32.6 Å². The maximum atomic E-state index is 12.5. The first-order valence-electron chi connectivity index (χ1n) is 10.2. The number of thioether (sulfide) groups is 1. The van der Waals surface area contributed by atoms with E-state index in [2.05, 4.69) is 51.0 Å². The normalized spacial score (nSPS) is 10.8. The van der Waals surface area contributed by atoms with Crippen LogP contribution in [0.25, 0.3) is 0 Å². The van der Waals surface area contributed by atoms with Gasteiger partial charge in [0, 0.05) is 11.0 Å². The minimum Gasteiger partial charge on any atom is -0.485 e. The summed E-state index contributed by atoms with van der Waals surface area (Å²) in [6.07, 6.45) is 1.78. The van der Waals surface area contributed by atoms with Crippen LogP contribution >= 0.6 is 27.7 Å². The molecular weight excluding hydrogens is 488 g/mol. The number of rotatable bonds is 9. The molecule has 6 nitrogen and oxygen atoms in total. The molecule has 3 rings (SSSR count). The number of nitrogens with zero attached hydrogens (tertiary/aromatic N) is 3. The number of nitrogens with one attached hydrogen (secondary N) is 1. The molecule has 1 amide bonds. The van der Waals surface area contributed by atoms with Crippen molar-refractivity contribution in [1.82, 2.24) is 14.8 Å². The number of aromatic nitrogens is 3. The van der Waals surface area contributed by atoms with Crippen molar-refractivity contribution < 1.29 is 9.53 Å². The van der Waals surface area contributed by atoms with Gasteiger partial charge in [-0.1, -0.05) is 30.0 Å². The fraction of sp³-hybridized carbons (Fsp3) is 0.292. The summed E-state index contributed by atoms with van der Waals surface area (Å²) in [5.41, 5.74) is 5.32. The van der Waals surface area contributed by atoms with Gasteiger partial charge in [0.05, 0.1) is 11.4 Å². The number of anilines is 1. The first kappa shape index (κ1) is 24.1. The Hall–Kier alpha value is -2.58. The molecule has 1 heterocycles. The number of amides is 1. The minimum atomic E-state index is -0.111. The number of hydrogen-bond acceptors (Lipinski definition) is 5. The topological polar surface area (TPSA) is 69.0 Å². The first-order chi connectivity index (χ1) is 15.3. The number of carbonyl (C=O) groups excluding carboxylic acids is 1. The molecule has 0 unspecified atom stereocenters. The quantitative estimate of drug-likeness (QED) is 0.290. The highest BCUT2D eigenvalue weighted by Gasteiger charge is 2.15. The van der Waals surface area contributed by atoms with Gasteiger partial charge in [-0.2, -0.15) is 0 Å². The molecule has 0 aliphatic heterocycles. The van der Waals surface area contributed by atoms with Crippen LogP contribution in [0.1, 0.15) is 28.1 Å². The van der Waals surface area contributed by atoms with Crippen LogP contribution in [0, 0.1) is 27.7 Å². The summed E-state index contributed by atoms with van der Waals surface area (Å²) in [4.78, 5) is 12.5. The van der Waals surface area contributed by atoms with Crippen molar-refractivity contribution in [3.05, 3.63) is 75.5 Å². The zero-order chi connectivity index (χ0) is 23.3. The first-order valence-corrected chi connectivity index (χ1v) is 12.0. The minimum absolute atomic E-state index is 0.111. The van der Waals surface area contributed by atoms with Crippen molar-refractivity contribution in [2.24, 2.45) is 0 Å². The Kier molecular flexibility index (Phi) is 8.15. The van der Waals surface area contributed by atoms with Gasteiger partial charge in [0.2, 0.25) is 5.91 Å². The van der Waals surface area contributed by atoms with E-state index in [1.54, 1.807) is 6.08 Å². The van der Waals surface area contributed by atoms with E-state index >= 15 is 0 Å². The van der Waals surface area contributed by atoms with Crippen LogP contribution < -0.4 is 10.1 Å². The molecule has 168 valence electrons. The van der Waals surface area contributed by atoms with Crippen LogP contribution in [-0.4, -0.2) is 26.4 Å². The van der Waals surface area contributed by atoms with E-state index in [4.69, 9.17) is 4.74 Å². The van der Waals surface area contributed by atoms with E-state index in [9.17, 15) is 4.79 Å². The molecule has 32 heavy (non-hydrogen) atoms. The highest BCUT2D eigenvalue weighted by atomic mass is 79.9. The van der Waals surface area contributed by atoms with E-state index in [0.29, 0.717) is 17.5 Å². The summed E-state index contributed by atoms with van der Waals surface area (Å²) in [5.74, 6) is 1.61. The largest absolute Gasteiger partial charge is 0.485 e. The lowest BCUT2D eigenvalue weighted by molar-refractivity contribution is -0.113.